The van der Waals surface area contributed by atoms with Gasteiger partial charge in [0.15, 0.2) is 0 Å². The number of aromatic nitrogens is 1. The highest BCUT2D eigenvalue weighted by Gasteiger charge is 2.39. The first-order valence-electron chi connectivity index (χ1n) is 6.68. The minimum atomic E-state index is -4.27. The van der Waals surface area contributed by atoms with Crippen LogP contribution in [0.5, 0.6) is 0 Å². The van der Waals surface area contributed by atoms with Crippen LogP contribution in [0.4, 0.5) is 13.2 Å². The van der Waals surface area contributed by atoms with Crippen molar-refractivity contribution in [2.75, 3.05) is 6.54 Å². The van der Waals surface area contributed by atoms with Crippen molar-refractivity contribution >= 4 is 11.3 Å². The Labute approximate surface area is 126 Å². The number of thiophene rings is 1. The molecular formula is C15H17F3N2S. The summed E-state index contributed by atoms with van der Waals surface area (Å²) >= 11 is 1.55. The number of rotatable bonds is 6. The molecule has 2 rings (SSSR count). The van der Waals surface area contributed by atoms with Crippen LogP contribution in [0.25, 0.3) is 0 Å². The Balaban J connectivity index is 1.97. The largest absolute Gasteiger partial charge is 0.404 e. The molecule has 0 radical (unpaired) electrons. The van der Waals surface area contributed by atoms with E-state index in [1.54, 1.807) is 23.5 Å². The fraction of sp³-hybridized carbons (Fsp3) is 0.400. The maximum Gasteiger partial charge on any atom is 0.404 e. The van der Waals surface area contributed by atoms with Gasteiger partial charge in [-0.1, -0.05) is 6.92 Å². The zero-order chi connectivity index (χ0) is 15.3. The van der Waals surface area contributed by atoms with Crippen molar-refractivity contribution in [3.8, 4) is 0 Å². The highest BCUT2D eigenvalue weighted by molar-refractivity contribution is 7.07. The standard InChI is InChI=1S/C15H17F3N2S/c1-11(13-4-7-21-10-13)9-20-14(15(16,17)18)8-12-2-5-19-6-3-12/h2-7,10-11,14,20H,8-9H2,1H3. The number of nitrogens with one attached hydrogen (secondary N) is 1. The van der Waals surface area contributed by atoms with Gasteiger partial charge in [-0.05, 0) is 52.4 Å². The third kappa shape index (κ3) is 4.82. The Hall–Kier alpha value is -1.40. The van der Waals surface area contributed by atoms with Gasteiger partial charge >= 0.3 is 6.18 Å². The average molecular weight is 314 g/mol. The molecule has 2 unspecified atom stereocenters. The smallest absolute Gasteiger partial charge is 0.305 e. The van der Waals surface area contributed by atoms with E-state index in [2.05, 4.69) is 10.3 Å². The van der Waals surface area contributed by atoms with Gasteiger partial charge in [0.2, 0.25) is 0 Å². The lowest BCUT2D eigenvalue weighted by molar-refractivity contribution is -0.155. The van der Waals surface area contributed by atoms with Crippen molar-refractivity contribution in [2.24, 2.45) is 0 Å². The van der Waals surface area contributed by atoms with Crippen LogP contribution < -0.4 is 5.32 Å². The molecule has 6 heteroatoms. The lowest BCUT2D eigenvalue weighted by atomic mass is 10.0. The number of pyridine rings is 1. The van der Waals surface area contributed by atoms with E-state index < -0.39 is 12.2 Å². The molecule has 21 heavy (non-hydrogen) atoms. The summed E-state index contributed by atoms with van der Waals surface area (Å²) in [5.41, 5.74) is 1.69. The van der Waals surface area contributed by atoms with Crippen molar-refractivity contribution in [2.45, 2.75) is 31.5 Å². The maximum absolute atomic E-state index is 13.1. The van der Waals surface area contributed by atoms with Crippen molar-refractivity contribution in [3.63, 3.8) is 0 Å². The summed E-state index contributed by atoms with van der Waals surface area (Å²) in [5, 5.41) is 6.56. The van der Waals surface area contributed by atoms with Gasteiger partial charge in [0.1, 0.15) is 6.04 Å². The van der Waals surface area contributed by atoms with Crippen LogP contribution in [0.1, 0.15) is 24.0 Å². The van der Waals surface area contributed by atoms with Crippen LogP contribution in [-0.2, 0) is 6.42 Å². The molecule has 2 nitrogen and oxygen atoms in total. The summed E-state index contributed by atoms with van der Waals surface area (Å²) in [6, 6.07) is 3.63. The van der Waals surface area contributed by atoms with Crippen LogP contribution in [0.15, 0.2) is 41.4 Å². The van der Waals surface area contributed by atoms with Gasteiger partial charge < -0.3 is 5.32 Å². The van der Waals surface area contributed by atoms with Gasteiger partial charge in [-0.2, -0.15) is 24.5 Å². The summed E-state index contributed by atoms with van der Waals surface area (Å²) in [5.74, 6) is 0.0542. The van der Waals surface area contributed by atoms with Crippen molar-refractivity contribution in [3.05, 3.63) is 52.5 Å². The minimum absolute atomic E-state index is 0.0542. The average Bonchev–Trinajstić information content (AvgIpc) is 2.97. The van der Waals surface area contributed by atoms with Gasteiger partial charge in [0.25, 0.3) is 0 Å². The molecule has 2 aromatic rings. The summed E-state index contributed by atoms with van der Waals surface area (Å²) in [6.45, 7) is 2.22. The molecule has 0 saturated carbocycles. The molecule has 114 valence electrons. The lowest BCUT2D eigenvalue weighted by Crippen LogP contribution is -2.45. The monoisotopic (exact) mass is 314 g/mol. The first kappa shape index (κ1) is 16.0. The molecular weight excluding hydrogens is 297 g/mol. The molecule has 0 aliphatic rings. The lowest BCUT2D eigenvalue weighted by Gasteiger charge is -2.23. The van der Waals surface area contributed by atoms with E-state index >= 15 is 0 Å². The van der Waals surface area contributed by atoms with Crippen LogP contribution in [0, 0.1) is 0 Å². The van der Waals surface area contributed by atoms with Gasteiger partial charge in [-0.3, -0.25) is 4.98 Å². The summed E-state index contributed by atoms with van der Waals surface area (Å²) in [7, 11) is 0. The molecule has 2 aromatic heterocycles. The van der Waals surface area contributed by atoms with E-state index in [-0.39, 0.29) is 12.3 Å². The molecule has 0 aliphatic carbocycles. The van der Waals surface area contributed by atoms with Crippen LogP contribution >= 0.6 is 11.3 Å². The minimum Gasteiger partial charge on any atom is -0.305 e. The van der Waals surface area contributed by atoms with E-state index in [1.807, 2.05) is 23.8 Å². The number of nitrogens with zero attached hydrogens (tertiary/aromatic N) is 1. The number of halogens is 3. The summed E-state index contributed by atoms with van der Waals surface area (Å²) in [4.78, 5) is 3.82. The molecule has 0 spiro atoms. The Morgan fingerprint density at radius 2 is 1.95 bits per heavy atom. The fourth-order valence-corrected chi connectivity index (χ4v) is 2.83. The van der Waals surface area contributed by atoms with Gasteiger partial charge in [-0.15, -0.1) is 0 Å². The molecule has 0 saturated heterocycles. The second-order valence-electron chi connectivity index (χ2n) is 5.02. The Morgan fingerprint density at radius 1 is 1.24 bits per heavy atom. The highest BCUT2D eigenvalue weighted by Crippen LogP contribution is 2.24. The predicted octanol–water partition coefficient (Wildman–Crippen LogP) is 4.01. The molecule has 2 atom stereocenters. The number of hydrogen-bond donors (Lipinski definition) is 1. The first-order chi connectivity index (χ1) is 9.97. The SMILES string of the molecule is CC(CNC(Cc1ccncc1)C(F)(F)F)c1ccsc1. The zero-order valence-electron chi connectivity index (χ0n) is 11.6. The van der Waals surface area contributed by atoms with Crippen LogP contribution in [-0.4, -0.2) is 23.7 Å². The predicted molar refractivity (Wildman–Crippen MR) is 78.5 cm³/mol. The van der Waals surface area contributed by atoms with Crippen molar-refractivity contribution in [1.82, 2.24) is 10.3 Å². The molecule has 0 aromatic carbocycles. The summed E-state index contributed by atoms with van der Waals surface area (Å²) in [6.07, 6.45) is -1.33. The maximum atomic E-state index is 13.1. The molecule has 0 fully saturated rings. The van der Waals surface area contributed by atoms with E-state index in [4.69, 9.17) is 0 Å². The van der Waals surface area contributed by atoms with E-state index in [9.17, 15) is 13.2 Å². The molecule has 0 bridgehead atoms. The summed E-state index contributed by atoms with van der Waals surface area (Å²) < 4.78 is 39.4. The van der Waals surface area contributed by atoms with E-state index in [1.165, 1.54) is 12.4 Å². The quantitative estimate of drug-likeness (QED) is 0.871. The van der Waals surface area contributed by atoms with Gasteiger partial charge in [0, 0.05) is 18.9 Å². The molecule has 0 amide bonds. The Morgan fingerprint density at radius 3 is 2.52 bits per heavy atom. The van der Waals surface area contributed by atoms with Crippen molar-refractivity contribution < 1.29 is 13.2 Å². The second kappa shape index (κ2) is 7.04. The zero-order valence-corrected chi connectivity index (χ0v) is 12.4. The Bertz CT molecular complexity index is 526. The van der Waals surface area contributed by atoms with Crippen LogP contribution in [0.2, 0.25) is 0 Å². The third-order valence-electron chi connectivity index (χ3n) is 3.37. The van der Waals surface area contributed by atoms with Gasteiger partial charge in [-0.25, -0.2) is 0 Å². The second-order valence-corrected chi connectivity index (χ2v) is 5.80. The fourth-order valence-electron chi connectivity index (χ4n) is 2.05. The van der Waals surface area contributed by atoms with E-state index in [0.717, 1.165) is 5.56 Å². The molecule has 1 N–H and O–H groups in total. The Kier molecular flexibility index (Phi) is 5.36. The van der Waals surface area contributed by atoms with Gasteiger partial charge in [0.05, 0.1) is 0 Å². The number of alkyl halides is 3. The normalized spacial score (nSPS) is 14.9. The first-order valence-corrected chi connectivity index (χ1v) is 7.62. The molecule has 0 aliphatic heterocycles. The van der Waals surface area contributed by atoms with E-state index in [0.29, 0.717) is 12.1 Å². The van der Waals surface area contributed by atoms with Crippen molar-refractivity contribution in [1.29, 1.82) is 0 Å². The topological polar surface area (TPSA) is 24.9 Å². The highest BCUT2D eigenvalue weighted by atomic mass is 32.1. The van der Waals surface area contributed by atoms with Crippen LogP contribution in [0.3, 0.4) is 0 Å². The third-order valence-corrected chi connectivity index (χ3v) is 4.07. The molecule has 2 heterocycles. The number of hydrogen-bond acceptors (Lipinski definition) is 3.